The van der Waals surface area contributed by atoms with Gasteiger partial charge in [-0.2, -0.15) is 0 Å². The van der Waals surface area contributed by atoms with E-state index in [2.05, 4.69) is 5.32 Å². The van der Waals surface area contributed by atoms with Gasteiger partial charge in [0, 0.05) is 13.2 Å². The smallest absolute Gasteiger partial charge is 0.246 e. The molecule has 0 aromatic rings. The molecule has 4 unspecified atom stereocenters. The van der Waals surface area contributed by atoms with E-state index in [1.165, 1.54) is 0 Å². The average molecular weight is 282 g/mol. The van der Waals surface area contributed by atoms with Gasteiger partial charge < -0.3 is 15.0 Å². The molecule has 5 heteroatoms. The third-order valence-corrected chi connectivity index (χ3v) is 4.77. The van der Waals surface area contributed by atoms with Crippen molar-refractivity contribution in [3.8, 4) is 0 Å². The van der Waals surface area contributed by atoms with Crippen LogP contribution in [0.25, 0.3) is 0 Å². The third-order valence-electron chi connectivity index (χ3n) is 4.77. The van der Waals surface area contributed by atoms with Gasteiger partial charge in [0.05, 0.1) is 12.6 Å². The number of piperazine rings is 1. The van der Waals surface area contributed by atoms with Gasteiger partial charge in [0.15, 0.2) is 0 Å². The van der Waals surface area contributed by atoms with E-state index in [4.69, 9.17) is 4.74 Å². The lowest BCUT2D eigenvalue weighted by Crippen LogP contribution is -2.63. The first-order valence-corrected chi connectivity index (χ1v) is 7.69. The van der Waals surface area contributed by atoms with E-state index in [-0.39, 0.29) is 42.5 Å². The number of hydrogen-bond acceptors (Lipinski definition) is 3. The summed E-state index contributed by atoms with van der Waals surface area (Å²) in [6.07, 6.45) is 5.04. The number of nitrogens with zero attached hydrogens (tertiary/aromatic N) is 1. The van der Waals surface area contributed by atoms with E-state index in [1.807, 2.05) is 13.8 Å². The molecule has 1 N–H and O–H groups in total. The minimum atomic E-state index is -0.357. The standard InChI is InChI=1S/C15H26N2O3/c1-4-10(2)14-15(19)17(9-13(18)16-14)11-6-5-7-12(8-11)20-3/h10-12,14H,4-9H2,1-3H3,(H,16,18). The molecule has 20 heavy (non-hydrogen) atoms. The van der Waals surface area contributed by atoms with Crippen LogP contribution in [0.3, 0.4) is 0 Å². The summed E-state index contributed by atoms with van der Waals surface area (Å²) in [7, 11) is 1.72. The Kier molecular flexibility index (Phi) is 5.02. The lowest BCUT2D eigenvalue weighted by Gasteiger charge is -2.42. The predicted molar refractivity (Wildman–Crippen MR) is 76.2 cm³/mol. The van der Waals surface area contributed by atoms with Crippen molar-refractivity contribution in [2.75, 3.05) is 13.7 Å². The molecule has 2 amide bonds. The molecule has 5 nitrogen and oxygen atoms in total. The number of carbonyl (C=O) groups excluding carboxylic acids is 2. The second-order valence-corrected chi connectivity index (χ2v) is 6.07. The molecular formula is C15H26N2O3. The Hall–Kier alpha value is -1.10. The first kappa shape index (κ1) is 15.3. The maximum absolute atomic E-state index is 12.6. The van der Waals surface area contributed by atoms with Gasteiger partial charge in [0.25, 0.3) is 0 Å². The molecule has 1 saturated heterocycles. The average Bonchev–Trinajstić information content (AvgIpc) is 2.48. The van der Waals surface area contributed by atoms with E-state index in [0.29, 0.717) is 0 Å². The normalized spacial score (nSPS) is 33.0. The highest BCUT2D eigenvalue weighted by molar-refractivity contribution is 5.95. The highest BCUT2D eigenvalue weighted by atomic mass is 16.5. The van der Waals surface area contributed by atoms with Crippen LogP contribution in [0, 0.1) is 5.92 Å². The second-order valence-electron chi connectivity index (χ2n) is 6.07. The molecule has 1 aliphatic carbocycles. The van der Waals surface area contributed by atoms with Gasteiger partial charge in [-0.1, -0.05) is 20.3 Å². The Morgan fingerprint density at radius 1 is 1.40 bits per heavy atom. The Morgan fingerprint density at radius 3 is 2.80 bits per heavy atom. The Morgan fingerprint density at radius 2 is 2.15 bits per heavy atom. The minimum absolute atomic E-state index is 0.0329. The van der Waals surface area contributed by atoms with Crippen molar-refractivity contribution in [1.82, 2.24) is 10.2 Å². The zero-order valence-corrected chi connectivity index (χ0v) is 12.7. The summed E-state index contributed by atoms with van der Waals surface area (Å²) in [4.78, 5) is 26.3. The third kappa shape index (κ3) is 3.14. The van der Waals surface area contributed by atoms with E-state index in [0.717, 1.165) is 32.1 Å². The fourth-order valence-corrected chi connectivity index (χ4v) is 3.24. The van der Waals surface area contributed by atoms with Crippen LogP contribution >= 0.6 is 0 Å². The van der Waals surface area contributed by atoms with Gasteiger partial charge in [0.2, 0.25) is 11.8 Å². The molecule has 4 atom stereocenters. The van der Waals surface area contributed by atoms with E-state index < -0.39 is 0 Å². The van der Waals surface area contributed by atoms with Crippen molar-refractivity contribution >= 4 is 11.8 Å². The molecule has 2 rings (SSSR count). The Labute approximate surface area is 121 Å². The van der Waals surface area contributed by atoms with E-state index in [1.54, 1.807) is 12.0 Å². The number of rotatable bonds is 4. The summed E-state index contributed by atoms with van der Waals surface area (Å²) in [5.41, 5.74) is 0. The number of methoxy groups -OCH3 is 1. The van der Waals surface area contributed by atoms with Gasteiger partial charge in [-0.25, -0.2) is 0 Å². The molecule has 0 bridgehead atoms. The maximum Gasteiger partial charge on any atom is 0.246 e. The van der Waals surface area contributed by atoms with Crippen LogP contribution in [0.2, 0.25) is 0 Å². The highest BCUT2D eigenvalue weighted by Gasteiger charge is 2.40. The van der Waals surface area contributed by atoms with Gasteiger partial charge in [-0.3, -0.25) is 9.59 Å². The Balaban J connectivity index is 2.09. The molecule has 0 aromatic carbocycles. The summed E-state index contributed by atoms with van der Waals surface area (Å²) in [6.45, 7) is 4.27. The molecule has 0 aromatic heterocycles. The van der Waals surface area contributed by atoms with Crippen LogP contribution in [0.15, 0.2) is 0 Å². The van der Waals surface area contributed by atoms with Gasteiger partial charge >= 0.3 is 0 Å². The number of nitrogens with one attached hydrogen (secondary N) is 1. The van der Waals surface area contributed by atoms with Crippen molar-refractivity contribution in [3.63, 3.8) is 0 Å². The minimum Gasteiger partial charge on any atom is -0.381 e. The molecule has 2 aliphatic rings. The first-order chi connectivity index (χ1) is 9.56. The lowest BCUT2D eigenvalue weighted by atomic mass is 9.89. The summed E-state index contributed by atoms with van der Waals surface area (Å²) < 4.78 is 5.43. The van der Waals surface area contributed by atoms with Crippen LogP contribution in [0.4, 0.5) is 0 Å². The van der Waals surface area contributed by atoms with Crippen LogP contribution in [-0.2, 0) is 14.3 Å². The quantitative estimate of drug-likeness (QED) is 0.846. The number of hydrogen-bond donors (Lipinski definition) is 1. The van der Waals surface area contributed by atoms with E-state index in [9.17, 15) is 9.59 Å². The highest BCUT2D eigenvalue weighted by Crippen LogP contribution is 2.27. The predicted octanol–water partition coefficient (Wildman–Crippen LogP) is 1.32. The molecule has 0 radical (unpaired) electrons. The molecule has 1 aliphatic heterocycles. The van der Waals surface area contributed by atoms with Crippen LogP contribution < -0.4 is 5.32 Å². The van der Waals surface area contributed by atoms with Crippen molar-refractivity contribution < 1.29 is 14.3 Å². The Bertz CT molecular complexity index is 372. The number of ether oxygens (including phenoxy) is 1. The fraction of sp³-hybridized carbons (Fsp3) is 0.867. The van der Waals surface area contributed by atoms with E-state index >= 15 is 0 Å². The first-order valence-electron chi connectivity index (χ1n) is 7.69. The van der Waals surface area contributed by atoms with Crippen LogP contribution in [0.1, 0.15) is 46.0 Å². The second kappa shape index (κ2) is 6.57. The zero-order chi connectivity index (χ0) is 14.7. The maximum atomic E-state index is 12.6. The van der Waals surface area contributed by atoms with Crippen molar-refractivity contribution in [2.45, 2.75) is 64.1 Å². The van der Waals surface area contributed by atoms with Gasteiger partial charge in [-0.15, -0.1) is 0 Å². The summed E-state index contributed by atoms with van der Waals surface area (Å²) >= 11 is 0. The van der Waals surface area contributed by atoms with Gasteiger partial charge in [-0.05, 0) is 31.6 Å². The lowest BCUT2D eigenvalue weighted by molar-refractivity contribution is -0.149. The molecule has 2 fully saturated rings. The summed E-state index contributed by atoms with van der Waals surface area (Å²) in [5, 5.41) is 2.85. The number of amides is 2. The molecule has 114 valence electrons. The van der Waals surface area contributed by atoms with Crippen molar-refractivity contribution in [2.24, 2.45) is 5.92 Å². The molecular weight excluding hydrogens is 256 g/mol. The number of carbonyl (C=O) groups is 2. The van der Waals surface area contributed by atoms with Crippen LogP contribution in [-0.4, -0.2) is 48.6 Å². The van der Waals surface area contributed by atoms with Crippen molar-refractivity contribution in [3.05, 3.63) is 0 Å². The van der Waals surface area contributed by atoms with Crippen molar-refractivity contribution in [1.29, 1.82) is 0 Å². The monoisotopic (exact) mass is 282 g/mol. The largest absolute Gasteiger partial charge is 0.381 e. The van der Waals surface area contributed by atoms with Crippen LogP contribution in [0.5, 0.6) is 0 Å². The zero-order valence-electron chi connectivity index (χ0n) is 12.7. The van der Waals surface area contributed by atoms with Gasteiger partial charge in [0.1, 0.15) is 6.04 Å². The molecule has 1 saturated carbocycles. The fourth-order valence-electron chi connectivity index (χ4n) is 3.24. The molecule has 0 spiro atoms. The summed E-state index contributed by atoms with van der Waals surface area (Å²) in [5.74, 6) is 0.228. The topological polar surface area (TPSA) is 58.6 Å². The summed E-state index contributed by atoms with van der Waals surface area (Å²) in [6, 6.07) is -0.206. The molecule has 1 heterocycles. The SMILES string of the molecule is CCC(C)C1NC(=O)CN(C2CCCC(OC)C2)C1=O.